The molecule has 2 aliphatic heterocycles. The van der Waals surface area contributed by atoms with Crippen LogP contribution in [0, 0.1) is 5.92 Å². The smallest absolute Gasteiger partial charge is 0.355 e. The number of amides is 2. The van der Waals surface area contributed by atoms with Crippen molar-refractivity contribution in [1.29, 1.82) is 0 Å². The van der Waals surface area contributed by atoms with Crippen molar-refractivity contribution in [2.24, 2.45) is 11.0 Å². The molecule has 3 rings (SSSR count). The molecule has 10 heteroatoms. The topological polar surface area (TPSA) is 96.3 Å². The van der Waals surface area contributed by atoms with Gasteiger partial charge in [-0.15, -0.1) is 0 Å². The molecule has 0 aromatic heterocycles. The van der Waals surface area contributed by atoms with Gasteiger partial charge in [0.1, 0.15) is 17.7 Å². The Hall–Kier alpha value is -2.45. The SMILES string of the molecule is COC(=O)C1=NN(C(C)(C)CC(C)=O)[C@@H]2C(=O)N(c3cc(Cl)cc(Cl)c3)C(=O)[C@@H]12. The maximum absolute atomic E-state index is 13.3. The standard InChI is InChI=1S/C19H19Cl2N3O5/c1-9(25)8-19(2,3)24-15-13(14(22-24)18(28)29-4)16(26)23(17(15)27)12-6-10(20)5-11(21)7-12/h5-7,13,15H,8H2,1-4H3/t13-,15-/m0/s1. The minimum Gasteiger partial charge on any atom is -0.464 e. The number of rotatable bonds is 5. The summed E-state index contributed by atoms with van der Waals surface area (Å²) in [6, 6.07) is 3.26. The summed E-state index contributed by atoms with van der Waals surface area (Å²) in [5, 5.41) is 6.10. The summed E-state index contributed by atoms with van der Waals surface area (Å²) in [4.78, 5) is 51.4. The minimum atomic E-state index is -1.15. The second kappa shape index (κ2) is 7.42. The Labute approximate surface area is 177 Å². The molecule has 0 N–H and O–H groups in total. The highest BCUT2D eigenvalue weighted by atomic mass is 35.5. The van der Waals surface area contributed by atoms with Crippen molar-refractivity contribution >= 4 is 58.2 Å². The van der Waals surface area contributed by atoms with Crippen LogP contribution >= 0.6 is 23.2 Å². The molecule has 0 bridgehead atoms. The first-order valence-corrected chi connectivity index (χ1v) is 9.53. The number of Topliss-reactive ketones (excluding diaryl/α,β-unsaturated/α-hetero) is 1. The number of methoxy groups -OCH3 is 1. The van der Waals surface area contributed by atoms with Crippen molar-refractivity contribution in [3.05, 3.63) is 28.2 Å². The summed E-state index contributed by atoms with van der Waals surface area (Å²) in [6.07, 6.45) is 0.0681. The van der Waals surface area contributed by atoms with Crippen LogP contribution < -0.4 is 4.90 Å². The van der Waals surface area contributed by atoms with E-state index in [0.717, 1.165) is 4.90 Å². The second-order valence-corrected chi connectivity index (χ2v) is 8.45. The van der Waals surface area contributed by atoms with Gasteiger partial charge < -0.3 is 4.74 Å². The normalized spacial score (nSPS) is 21.4. The van der Waals surface area contributed by atoms with Crippen LogP contribution in [-0.4, -0.2) is 53.0 Å². The summed E-state index contributed by atoms with van der Waals surface area (Å²) >= 11 is 12.1. The maximum atomic E-state index is 13.3. The van der Waals surface area contributed by atoms with E-state index in [1.807, 2.05) is 0 Å². The van der Waals surface area contributed by atoms with Gasteiger partial charge in [0, 0.05) is 16.5 Å². The second-order valence-electron chi connectivity index (χ2n) is 7.57. The first-order chi connectivity index (χ1) is 13.5. The lowest BCUT2D eigenvalue weighted by atomic mass is 9.92. The lowest BCUT2D eigenvalue weighted by Gasteiger charge is -2.36. The molecular formula is C19H19Cl2N3O5. The zero-order valence-electron chi connectivity index (χ0n) is 16.2. The first kappa shape index (κ1) is 21.3. The van der Waals surface area contributed by atoms with Gasteiger partial charge in [0.2, 0.25) is 5.91 Å². The van der Waals surface area contributed by atoms with Gasteiger partial charge >= 0.3 is 5.97 Å². The van der Waals surface area contributed by atoms with Crippen LogP contribution in [0.3, 0.4) is 0 Å². The number of anilines is 1. The van der Waals surface area contributed by atoms with Gasteiger partial charge in [0.05, 0.1) is 18.3 Å². The number of hydrogen-bond donors (Lipinski definition) is 0. The van der Waals surface area contributed by atoms with E-state index in [2.05, 4.69) is 5.10 Å². The van der Waals surface area contributed by atoms with Gasteiger partial charge in [-0.05, 0) is 39.0 Å². The third-order valence-corrected chi connectivity index (χ3v) is 5.29. The molecule has 0 saturated carbocycles. The average molecular weight is 440 g/mol. The van der Waals surface area contributed by atoms with E-state index < -0.39 is 35.3 Å². The molecule has 1 aromatic rings. The Morgan fingerprint density at radius 1 is 1.14 bits per heavy atom. The molecule has 2 atom stereocenters. The Kier molecular flexibility index (Phi) is 5.44. The lowest BCUT2D eigenvalue weighted by molar-refractivity contribution is -0.133. The molecule has 0 radical (unpaired) electrons. The summed E-state index contributed by atoms with van der Waals surface area (Å²) < 4.78 is 4.76. The lowest BCUT2D eigenvalue weighted by Crippen LogP contribution is -2.50. The van der Waals surface area contributed by atoms with Gasteiger partial charge in [-0.2, -0.15) is 5.10 Å². The monoisotopic (exact) mass is 439 g/mol. The summed E-state index contributed by atoms with van der Waals surface area (Å²) in [7, 11) is 1.17. The zero-order valence-corrected chi connectivity index (χ0v) is 17.7. The van der Waals surface area contributed by atoms with Crippen molar-refractivity contribution in [3.8, 4) is 0 Å². The molecule has 2 aliphatic rings. The van der Waals surface area contributed by atoms with Gasteiger partial charge in [-0.25, -0.2) is 9.69 Å². The first-order valence-electron chi connectivity index (χ1n) is 8.77. The zero-order chi connectivity index (χ0) is 21.7. The van der Waals surface area contributed by atoms with Crippen LogP contribution in [-0.2, 0) is 23.9 Å². The molecular weight excluding hydrogens is 421 g/mol. The number of fused-ring (bicyclic) bond motifs is 1. The van der Waals surface area contributed by atoms with Crippen LogP contribution in [0.2, 0.25) is 10.0 Å². The molecule has 29 heavy (non-hydrogen) atoms. The Balaban J connectivity index is 2.10. The quantitative estimate of drug-likeness (QED) is 0.516. The summed E-state index contributed by atoms with van der Waals surface area (Å²) in [5.41, 5.74) is -0.897. The summed E-state index contributed by atoms with van der Waals surface area (Å²) in [6.45, 7) is 4.85. The van der Waals surface area contributed by atoms with Crippen molar-refractivity contribution in [2.75, 3.05) is 12.0 Å². The maximum Gasteiger partial charge on any atom is 0.355 e. The highest BCUT2D eigenvalue weighted by molar-refractivity contribution is 6.46. The molecule has 0 aliphatic carbocycles. The van der Waals surface area contributed by atoms with Crippen molar-refractivity contribution in [3.63, 3.8) is 0 Å². The summed E-state index contributed by atoms with van der Waals surface area (Å²) in [5.74, 6) is -3.31. The van der Waals surface area contributed by atoms with Crippen molar-refractivity contribution in [2.45, 2.75) is 38.8 Å². The molecule has 0 spiro atoms. The molecule has 0 unspecified atom stereocenters. The number of ether oxygens (including phenoxy) is 1. The fourth-order valence-electron chi connectivity index (χ4n) is 3.81. The van der Waals surface area contributed by atoms with E-state index in [9.17, 15) is 19.2 Å². The van der Waals surface area contributed by atoms with Gasteiger partial charge in [0.15, 0.2) is 5.71 Å². The molecule has 1 aromatic carbocycles. The Morgan fingerprint density at radius 2 is 1.72 bits per heavy atom. The fourth-order valence-corrected chi connectivity index (χ4v) is 4.32. The van der Waals surface area contributed by atoms with E-state index >= 15 is 0 Å². The number of ketones is 1. The Morgan fingerprint density at radius 3 is 2.24 bits per heavy atom. The van der Waals surface area contributed by atoms with Gasteiger partial charge in [0.25, 0.3) is 5.91 Å². The molecule has 8 nitrogen and oxygen atoms in total. The predicted octanol–water partition coefficient (Wildman–Crippen LogP) is 2.45. The van der Waals surface area contributed by atoms with E-state index in [-0.39, 0.29) is 33.6 Å². The van der Waals surface area contributed by atoms with Crippen LogP contribution in [0.1, 0.15) is 27.2 Å². The molecule has 154 valence electrons. The van der Waals surface area contributed by atoms with Crippen LogP contribution in [0.4, 0.5) is 5.69 Å². The van der Waals surface area contributed by atoms with Crippen LogP contribution in [0.5, 0.6) is 0 Å². The van der Waals surface area contributed by atoms with Crippen LogP contribution in [0.15, 0.2) is 23.3 Å². The molecule has 2 amide bonds. The third kappa shape index (κ3) is 3.62. The number of hydrogen-bond acceptors (Lipinski definition) is 7. The molecule has 2 heterocycles. The number of carbonyl (C=O) groups is 4. The highest BCUT2D eigenvalue weighted by Gasteiger charge is 2.61. The van der Waals surface area contributed by atoms with E-state index in [1.54, 1.807) is 13.8 Å². The third-order valence-electron chi connectivity index (χ3n) is 4.85. The number of carbonyl (C=O) groups excluding carboxylic acids is 4. The Bertz CT molecular complexity index is 939. The number of nitrogens with zero attached hydrogens (tertiary/aromatic N) is 3. The van der Waals surface area contributed by atoms with Gasteiger partial charge in [-0.3, -0.25) is 19.4 Å². The van der Waals surface area contributed by atoms with Crippen molar-refractivity contribution < 1.29 is 23.9 Å². The fraction of sp³-hybridized carbons (Fsp3) is 0.421. The molecule has 1 saturated heterocycles. The van der Waals surface area contributed by atoms with Gasteiger partial charge in [-0.1, -0.05) is 23.2 Å². The number of esters is 1. The molecule has 1 fully saturated rings. The largest absolute Gasteiger partial charge is 0.464 e. The number of imide groups is 1. The van der Waals surface area contributed by atoms with E-state index in [1.165, 1.54) is 37.2 Å². The van der Waals surface area contributed by atoms with Crippen LogP contribution in [0.25, 0.3) is 0 Å². The van der Waals surface area contributed by atoms with Crippen molar-refractivity contribution in [1.82, 2.24) is 5.01 Å². The minimum absolute atomic E-state index is 0.0681. The van der Waals surface area contributed by atoms with E-state index in [4.69, 9.17) is 27.9 Å². The number of benzene rings is 1. The average Bonchev–Trinajstić information content (AvgIpc) is 3.10. The predicted molar refractivity (Wildman–Crippen MR) is 107 cm³/mol. The highest BCUT2D eigenvalue weighted by Crippen LogP contribution is 2.40. The number of hydrazone groups is 1. The van der Waals surface area contributed by atoms with E-state index in [0.29, 0.717) is 0 Å². The number of halogens is 2.